The fourth-order valence-corrected chi connectivity index (χ4v) is 5.80. The van der Waals surface area contributed by atoms with Gasteiger partial charge in [0.25, 0.3) is 0 Å². The molecule has 1 aromatic rings. The van der Waals surface area contributed by atoms with Crippen molar-refractivity contribution in [3.63, 3.8) is 0 Å². The largest absolute Gasteiger partial charge is 0.466 e. The van der Waals surface area contributed by atoms with E-state index >= 15 is 0 Å². The van der Waals surface area contributed by atoms with Crippen LogP contribution < -0.4 is 11.4 Å². The van der Waals surface area contributed by atoms with Crippen molar-refractivity contribution in [2.24, 2.45) is 18.9 Å². The van der Waals surface area contributed by atoms with Gasteiger partial charge < -0.3 is 9.47 Å². The normalized spacial score (nSPS) is 34.9. The molecule has 1 saturated carbocycles. The van der Waals surface area contributed by atoms with E-state index in [0.717, 1.165) is 35.0 Å². The number of esters is 1. The molecule has 0 N–H and O–H groups in total. The molecular weight excluding hydrogens is 326 g/mol. The Morgan fingerprint density at radius 2 is 2.12 bits per heavy atom. The molecule has 134 valence electrons. The maximum atomic E-state index is 12.9. The molecule has 8 nitrogen and oxygen atoms in total. The van der Waals surface area contributed by atoms with Gasteiger partial charge in [-0.05, 0) is 30.9 Å². The van der Waals surface area contributed by atoms with E-state index in [1.54, 1.807) is 11.6 Å². The third kappa shape index (κ3) is 1.51. The van der Waals surface area contributed by atoms with Gasteiger partial charge in [-0.3, -0.25) is 4.79 Å². The number of carbonyl (C=O) groups is 1. The van der Waals surface area contributed by atoms with E-state index in [0.29, 0.717) is 19.8 Å². The minimum absolute atomic E-state index is 0.0171. The number of aromatic nitrogens is 3. The average molecular weight is 347 g/mol. The molecule has 3 aliphatic heterocycles. The zero-order valence-electron chi connectivity index (χ0n) is 14.4. The first kappa shape index (κ1) is 15.2. The van der Waals surface area contributed by atoms with E-state index < -0.39 is 17.5 Å². The minimum atomic E-state index is -0.616. The summed E-state index contributed by atoms with van der Waals surface area (Å²) in [6, 6.07) is -0.470. The molecule has 0 aromatic carbocycles. The molecule has 4 heterocycles. The Kier molecular flexibility index (Phi) is 2.89. The van der Waals surface area contributed by atoms with E-state index in [4.69, 9.17) is 9.47 Å². The van der Waals surface area contributed by atoms with Crippen LogP contribution in [0.4, 0.5) is 0 Å². The van der Waals surface area contributed by atoms with E-state index in [1.807, 2.05) is 0 Å². The molecule has 2 aliphatic carbocycles. The standard InChI is InChI=1S/C17H21N3O5/c1-3-25-14(21)12-10-5-4-6-17(10)11-8-24-7-9(11)13(12)19-15(22)18(2)16(23)20(17)19/h10,12-13H,3-8H2,1-2H3/t10-,12-,13+,17-/m0/s1. The second kappa shape index (κ2) is 4.75. The Morgan fingerprint density at radius 3 is 2.88 bits per heavy atom. The van der Waals surface area contributed by atoms with Crippen molar-refractivity contribution in [3.05, 3.63) is 32.1 Å². The molecule has 0 amide bonds. The predicted molar refractivity (Wildman–Crippen MR) is 86.3 cm³/mol. The Bertz CT molecular complexity index is 935. The monoisotopic (exact) mass is 347 g/mol. The molecular formula is C17H21N3O5. The zero-order chi connectivity index (χ0) is 17.5. The second-order valence-electron chi connectivity index (χ2n) is 7.42. The highest BCUT2D eigenvalue weighted by atomic mass is 16.5. The molecule has 5 aliphatic rings. The van der Waals surface area contributed by atoms with Gasteiger partial charge in [0.15, 0.2) is 0 Å². The summed E-state index contributed by atoms with van der Waals surface area (Å²) in [6.45, 7) is 2.99. The van der Waals surface area contributed by atoms with Crippen LogP contribution in [0.1, 0.15) is 32.2 Å². The van der Waals surface area contributed by atoms with Crippen molar-refractivity contribution < 1.29 is 14.3 Å². The van der Waals surface area contributed by atoms with Crippen molar-refractivity contribution in [2.45, 2.75) is 37.8 Å². The van der Waals surface area contributed by atoms with E-state index in [1.165, 1.54) is 11.7 Å². The zero-order valence-corrected chi connectivity index (χ0v) is 14.4. The average Bonchev–Trinajstić information content (AvgIpc) is 3.29. The van der Waals surface area contributed by atoms with Crippen LogP contribution in [0.3, 0.4) is 0 Å². The molecule has 1 aromatic heterocycles. The topological polar surface area (TPSA) is 84.5 Å². The van der Waals surface area contributed by atoms with Crippen LogP contribution in [-0.2, 0) is 26.9 Å². The van der Waals surface area contributed by atoms with Gasteiger partial charge in [0.2, 0.25) is 0 Å². The van der Waals surface area contributed by atoms with Crippen LogP contribution in [0.2, 0.25) is 0 Å². The first-order valence-corrected chi connectivity index (χ1v) is 8.91. The van der Waals surface area contributed by atoms with Crippen LogP contribution in [0, 0.1) is 11.8 Å². The van der Waals surface area contributed by atoms with Gasteiger partial charge in [-0.2, -0.15) is 0 Å². The van der Waals surface area contributed by atoms with Gasteiger partial charge in [-0.15, -0.1) is 0 Å². The van der Waals surface area contributed by atoms with Crippen LogP contribution in [-0.4, -0.2) is 39.7 Å². The minimum Gasteiger partial charge on any atom is -0.466 e. The molecule has 1 fully saturated rings. The summed E-state index contributed by atoms with van der Waals surface area (Å²) >= 11 is 0. The van der Waals surface area contributed by atoms with E-state index in [-0.39, 0.29) is 23.3 Å². The summed E-state index contributed by atoms with van der Waals surface area (Å²) in [7, 11) is 1.50. The number of ether oxygens (including phenoxy) is 2. The van der Waals surface area contributed by atoms with Crippen molar-refractivity contribution >= 4 is 5.97 Å². The summed E-state index contributed by atoms with van der Waals surface area (Å²) in [5.41, 5.74) is 0.836. The van der Waals surface area contributed by atoms with Crippen LogP contribution in [0.15, 0.2) is 20.7 Å². The lowest BCUT2D eigenvalue weighted by Gasteiger charge is -2.53. The smallest absolute Gasteiger partial charge is 0.347 e. The Labute approximate surface area is 143 Å². The van der Waals surface area contributed by atoms with Crippen LogP contribution >= 0.6 is 0 Å². The number of hydrogen-bond donors (Lipinski definition) is 0. The summed E-state index contributed by atoms with van der Waals surface area (Å²) < 4.78 is 15.4. The third-order valence-electron chi connectivity index (χ3n) is 6.60. The second-order valence-corrected chi connectivity index (χ2v) is 7.42. The van der Waals surface area contributed by atoms with Gasteiger partial charge in [-0.1, -0.05) is 6.42 Å². The van der Waals surface area contributed by atoms with Gasteiger partial charge in [0.1, 0.15) is 0 Å². The highest BCUT2D eigenvalue weighted by molar-refractivity contribution is 5.76. The quantitative estimate of drug-likeness (QED) is 0.552. The van der Waals surface area contributed by atoms with Gasteiger partial charge in [0.05, 0.1) is 37.3 Å². The summed E-state index contributed by atoms with van der Waals surface area (Å²) in [4.78, 5) is 38.5. The van der Waals surface area contributed by atoms with Crippen molar-refractivity contribution in [1.29, 1.82) is 0 Å². The fraction of sp³-hybridized carbons (Fsp3) is 0.706. The van der Waals surface area contributed by atoms with Crippen molar-refractivity contribution in [2.75, 3.05) is 19.8 Å². The Balaban J connectivity index is 1.86. The molecule has 0 radical (unpaired) electrons. The van der Waals surface area contributed by atoms with Crippen LogP contribution in [0.5, 0.6) is 0 Å². The number of hydrogen-bond acceptors (Lipinski definition) is 5. The Hall–Kier alpha value is -2.09. The predicted octanol–water partition coefficient (Wildman–Crippen LogP) is -0.0817. The third-order valence-corrected chi connectivity index (χ3v) is 6.60. The molecule has 0 unspecified atom stereocenters. The summed E-state index contributed by atoms with van der Waals surface area (Å²) in [6.07, 6.45) is 2.53. The molecule has 4 atom stereocenters. The van der Waals surface area contributed by atoms with Crippen molar-refractivity contribution in [1.82, 2.24) is 13.9 Å². The summed E-state index contributed by atoms with van der Waals surface area (Å²) in [5, 5.41) is 0. The van der Waals surface area contributed by atoms with Gasteiger partial charge in [0, 0.05) is 13.0 Å². The number of nitrogens with zero attached hydrogens (tertiary/aromatic N) is 3. The van der Waals surface area contributed by atoms with Gasteiger partial charge in [-0.25, -0.2) is 23.5 Å². The molecule has 1 spiro atoms. The Morgan fingerprint density at radius 1 is 1.32 bits per heavy atom. The summed E-state index contributed by atoms with van der Waals surface area (Å²) in [5.74, 6) is -0.712. The van der Waals surface area contributed by atoms with E-state index in [9.17, 15) is 14.4 Å². The SMILES string of the molecule is CCOC(=O)[C@@H]1[C@H]2C3=C(COC3)[C@@]3(CCC[C@@H]13)n1c(=O)n(C)c(=O)n12. The lowest BCUT2D eigenvalue weighted by molar-refractivity contribution is -0.156. The lowest BCUT2D eigenvalue weighted by atomic mass is 9.62. The maximum absolute atomic E-state index is 12.9. The number of rotatable bonds is 2. The molecule has 8 heteroatoms. The highest BCUT2D eigenvalue weighted by Crippen LogP contribution is 2.62. The first-order chi connectivity index (χ1) is 12.0. The molecule has 2 bridgehead atoms. The molecule has 6 rings (SSSR count). The number of carbonyl (C=O) groups excluding carboxylic acids is 1. The highest BCUT2D eigenvalue weighted by Gasteiger charge is 2.66. The van der Waals surface area contributed by atoms with Gasteiger partial charge >= 0.3 is 17.3 Å². The molecule has 25 heavy (non-hydrogen) atoms. The fourth-order valence-electron chi connectivity index (χ4n) is 5.80. The van der Waals surface area contributed by atoms with Crippen LogP contribution in [0.25, 0.3) is 0 Å². The maximum Gasteiger partial charge on any atom is 0.347 e. The molecule has 0 saturated heterocycles. The van der Waals surface area contributed by atoms with Crippen molar-refractivity contribution in [3.8, 4) is 0 Å². The first-order valence-electron chi connectivity index (χ1n) is 8.91. The van der Waals surface area contributed by atoms with E-state index in [2.05, 4.69) is 0 Å². The lowest BCUT2D eigenvalue weighted by Crippen LogP contribution is -2.62.